The van der Waals surface area contributed by atoms with E-state index in [1.54, 1.807) is 60.7 Å². The minimum Gasteiger partial charge on any atom is -0.377 e. The van der Waals surface area contributed by atoms with E-state index < -0.39 is 20.2 Å². The van der Waals surface area contributed by atoms with E-state index in [-0.39, 0.29) is 23.0 Å². The Kier molecular flexibility index (Phi) is 5.83. The summed E-state index contributed by atoms with van der Waals surface area (Å²) in [4.78, 5) is 0. The van der Waals surface area contributed by atoms with Crippen molar-refractivity contribution in [2.24, 2.45) is 0 Å². The van der Waals surface area contributed by atoms with Crippen LogP contribution in [-0.2, 0) is 31.7 Å². The van der Waals surface area contributed by atoms with Crippen LogP contribution in [0, 0.1) is 0 Å². The van der Waals surface area contributed by atoms with Crippen LogP contribution in [0.25, 0.3) is 0 Å². The topological polar surface area (TPSA) is 86.7 Å². The average molecular weight is 425 g/mol. The van der Waals surface area contributed by atoms with Crippen LogP contribution in [0.4, 0.5) is 0 Å². The van der Waals surface area contributed by atoms with Crippen molar-refractivity contribution in [3.63, 3.8) is 0 Å². The van der Waals surface area contributed by atoms with Crippen molar-refractivity contribution in [1.82, 2.24) is 0 Å². The van der Waals surface area contributed by atoms with Crippen molar-refractivity contribution in [1.29, 1.82) is 0 Å². The molecule has 27 heavy (non-hydrogen) atoms. The molecule has 0 radical (unpaired) electrons. The number of benzene rings is 2. The second-order valence-electron chi connectivity index (χ2n) is 5.64. The summed E-state index contributed by atoms with van der Waals surface area (Å²) in [6.45, 7) is 0. The van der Waals surface area contributed by atoms with Gasteiger partial charge in [-0.05, 0) is 11.1 Å². The Morgan fingerprint density at radius 1 is 0.630 bits per heavy atom. The lowest BCUT2D eigenvalue weighted by Gasteiger charge is -2.10. The summed E-state index contributed by atoms with van der Waals surface area (Å²) in [6, 6.07) is 17.1. The Labute approximate surface area is 162 Å². The lowest BCUT2D eigenvalue weighted by molar-refractivity contribution is 0.450. The van der Waals surface area contributed by atoms with Crippen LogP contribution in [0.3, 0.4) is 0 Å². The van der Waals surface area contributed by atoms with Crippen LogP contribution in [-0.4, -0.2) is 16.8 Å². The molecule has 1 aromatic heterocycles. The summed E-state index contributed by atoms with van der Waals surface area (Å²) >= 11 is 1.08. The normalized spacial score (nSPS) is 11.9. The highest BCUT2D eigenvalue weighted by atomic mass is 32.2. The second kappa shape index (κ2) is 8.12. The van der Waals surface area contributed by atoms with E-state index in [0.717, 1.165) is 11.3 Å². The number of hydrogen-bond donors (Lipinski definition) is 0. The Balaban J connectivity index is 1.72. The van der Waals surface area contributed by atoms with Crippen molar-refractivity contribution >= 4 is 31.6 Å². The first kappa shape index (κ1) is 19.4. The molecule has 0 bridgehead atoms. The lowest BCUT2D eigenvalue weighted by Crippen LogP contribution is -2.15. The van der Waals surface area contributed by atoms with Gasteiger partial charge in [0.1, 0.15) is 11.5 Å². The third-order valence-electron chi connectivity index (χ3n) is 3.40. The van der Waals surface area contributed by atoms with Crippen LogP contribution in [0.1, 0.15) is 11.1 Å². The van der Waals surface area contributed by atoms with Gasteiger partial charge in [-0.2, -0.15) is 16.8 Å². The molecule has 0 spiro atoms. The van der Waals surface area contributed by atoms with Gasteiger partial charge in [-0.3, -0.25) is 0 Å². The molecule has 9 heteroatoms. The molecular formula is C18H16O6S3. The van der Waals surface area contributed by atoms with Crippen LogP contribution in [0.5, 0.6) is 11.5 Å². The molecule has 1 heterocycles. The van der Waals surface area contributed by atoms with Gasteiger partial charge in [0.05, 0.1) is 0 Å². The van der Waals surface area contributed by atoms with Gasteiger partial charge < -0.3 is 8.37 Å². The number of rotatable bonds is 8. The van der Waals surface area contributed by atoms with Crippen LogP contribution >= 0.6 is 11.3 Å². The molecule has 3 rings (SSSR count). The fraction of sp³-hybridized carbons (Fsp3) is 0.111. The Hall–Kier alpha value is -2.36. The van der Waals surface area contributed by atoms with E-state index in [1.807, 2.05) is 0 Å². The molecule has 0 unspecified atom stereocenters. The molecule has 0 aliphatic rings. The van der Waals surface area contributed by atoms with Gasteiger partial charge in [-0.25, -0.2) is 0 Å². The molecule has 0 fully saturated rings. The first-order chi connectivity index (χ1) is 12.8. The highest BCUT2D eigenvalue weighted by Crippen LogP contribution is 2.34. The Morgan fingerprint density at radius 3 is 1.37 bits per heavy atom. The van der Waals surface area contributed by atoms with Crippen LogP contribution in [0.15, 0.2) is 71.4 Å². The largest absolute Gasteiger partial charge is 0.377 e. The average Bonchev–Trinajstić information content (AvgIpc) is 3.01. The van der Waals surface area contributed by atoms with Gasteiger partial charge in [0, 0.05) is 10.8 Å². The molecule has 142 valence electrons. The molecule has 0 atom stereocenters. The summed E-state index contributed by atoms with van der Waals surface area (Å²) in [5, 5.41) is 2.77. The summed E-state index contributed by atoms with van der Waals surface area (Å²) in [6.07, 6.45) is 0. The molecule has 2 aromatic carbocycles. The monoisotopic (exact) mass is 424 g/mol. The molecule has 3 aromatic rings. The van der Waals surface area contributed by atoms with E-state index in [0.29, 0.717) is 11.1 Å². The summed E-state index contributed by atoms with van der Waals surface area (Å²) in [5.74, 6) is -0.958. The fourth-order valence-corrected chi connectivity index (χ4v) is 5.18. The Morgan fingerprint density at radius 2 is 1.00 bits per heavy atom. The predicted octanol–water partition coefficient (Wildman–Crippen LogP) is 3.57. The third kappa shape index (κ3) is 5.81. The van der Waals surface area contributed by atoms with E-state index in [4.69, 9.17) is 8.37 Å². The Bertz CT molecular complexity index is 1000. The predicted molar refractivity (Wildman–Crippen MR) is 104 cm³/mol. The molecule has 0 amide bonds. The molecule has 0 aliphatic carbocycles. The van der Waals surface area contributed by atoms with E-state index in [2.05, 4.69) is 0 Å². The molecular weight excluding hydrogens is 408 g/mol. The van der Waals surface area contributed by atoms with Crippen LogP contribution < -0.4 is 8.37 Å². The smallest absolute Gasteiger partial charge is 0.313 e. The highest BCUT2D eigenvalue weighted by Gasteiger charge is 2.22. The zero-order valence-corrected chi connectivity index (χ0v) is 16.5. The second-order valence-corrected chi connectivity index (χ2v) is 9.53. The highest BCUT2D eigenvalue weighted by molar-refractivity contribution is 7.86. The number of hydrogen-bond acceptors (Lipinski definition) is 7. The maximum Gasteiger partial charge on any atom is 0.313 e. The molecule has 6 nitrogen and oxygen atoms in total. The first-order valence-electron chi connectivity index (χ1n) is 7.81. The SMILES string of the molecule is O=S(=O)(Cc1ccccc1)Oc1cscc1OS(=O)(=O)Cc1ccccc1. The summed E-state index contributed by atoms with van der Waals surface area (Å²) in [5.41, 5.74) is 1.12. The molecule has 0 saturated heterocycles. The molecule has 0 aliphatic heterocycles. The molecule has 0 N–H and O–H groups in total. The van der Waals surface area contributed by atoms with Crippen molar-refractivity contribution in [2.45, 2.75) is 11.5 Å². The first-order valence-corrected chi connectivity index (χ1v) is 11.9. The maximum atomic E-state index is 12.3. The summed E-state index contributed by atoms with van der Waals surface area (Å²) in [7, 11) is -7.93. The van der Waals surface area contributed by atoms with Crippen molar-refractivity contribution < 1.29 is 25.2 Å². The van der Waals surface area contributed by atoms with Crippen molar-refractivity contribution in [3.8, 4) is 11.5 Å². The van der Waals surface area contributed by atoms with E-state index >= 15 is 0 Å². The van der Waals surface area contributed by atoms with E-state index in [1.165, 1.54) is 10.8 Å². The zero-order valence-electron chi connectivity index (χ0n) is 14.0. The van der Waals surface area contributed by atoms with Gasteiger partial charge in [0.15, 0.2) is 11.5 Å². The third-order valence-corrected chi connectivity index (χ3v) is 6.34. The van der Waals surface area contributed by atoms with Gasteiger partial charge >= 0.3 is 20.2 Å². The van der Waals surface area contributed by atoms with Crippen molar-refractivity contribution in [3.05, 3.63) is 82.6 Å². The standard InChI is InChI=1S/C18H16O6S3/c19-26(20,13-15-7-3-1-4-8-15)23-17-11-25-12-18(17)24-27(21,22)14-16-9-5-2-6-10-16/h1-12H,13-14H2. The van der Waals surface area contributed by atoms with Gasteiger partial charge in [0.25, 0.3) is 0 Å². The van der Waals surface area contributed by atoms with Gasteiger partial charge in [-0.1, -0.05) is 60.7 Å². The van der Waals surface area contributed by atoms with Crippen molar-refractivity contribution in [2.75, 3.05) is 0 Å². The zero-order chi connectivity index (χ0) is 19.3. The van der Waals surface area contributed by atoms with Crippen LogP contribution in [0.2, 0.25) is 0 Å². The van der Waals surface area contributed by atoms with Gasteiger partial charge in [-0.15, -0.1) is 11.3 Å². The maximum absolute atomic E-state index is 12.3. The quantitative estimate of drug-likeness (QED) is 0.514. The minimum absolute atomic E-state index is 0.146. The fourth-order valence-electron chi connectivity index (χ4n) is 2.28. The summed E-state index contributed by atoms with van der Waals surface area (Å²) < 4.78 is 59.1. The van der Waals surface area contributed by atoms with E-state index in [9.17, 15) is 16.8 Å². The minimum atomic E-state index is -3.96. The van der Waals surface area contributed by atoms with Gasteiger partial charge in [0.2, 0.25) is 0 Å². The lowest BCUT2D eigenvalue weighted by atomic mass is 10.2. The molecule has 0 saturated carbocycles. The number of thiophene rings is 1.